The number of Topliss-reactive ketones (excluding diaryl/α,β-unsaturated/α-hetero) is 1. The Hall–Kier alpha value is -2.84. The van der Waals surface area contributed by atoms with Crippen molar-refractivity contribution >= 4 is 59.8 Å². The summed E-state index contributed by atoms with van der Waals surface area (Å²) in [5.41, 5.74) is 0.880. The van der Waals surface area contributed by atoms with Gasteiger partial charge >= 0.3 is 0 Å². The van der Waals surface area contributed by atoms with Crippen LogP contribution >= 0.6 is 0 Å². The first-order chi connectivity index (χ1) is 13.6. The number of hydrogen-bond acceptors (Lipinski definition) is 1. The highest BCUT2D eigenvalue weighted by Crippen LogP contribution is 2.34. The van der Waals surface area contributed by atoms with E-state index in [9.17, 15) is 4.79 Å². The first-order valence-corrected chi connectivity index (χ1v) is 11.7. The molecule has 0 heterocycles. The molecule has 2 heteroatoms. The second kappa shape index (κ2) is 6.65. The molecule has 5 aromatic rings. The zero-order chi connectivity index (χ0) is 19.3. The van der Waals surface area contributed by atoms with Crippen molar-refractivity contribution in [3.8, 4) is 0 Å². The summed E-state index contributed by atoms with van der Waals surface area (Å²) >= 11 is 0. The van der Waals surface area contributed by atoms with Crippen molar-refractivity contribution in [2.45, 2.75) is 0 Å². The van der Waals surface area contributed by atoms with Gasteiger partial charge in [0.2, 0.25) is 5.78 Å². The quantitative estimate of drug-likeness (QED) is 0.202. The molecule has 5 aromatic carbocycles. The number of fused-ring (bicyclic) bond motifs is 4. The van der Waals surface area contributed by atoms with Crippen molar-refractivity contribution in [2.75, 3.05) is 18.3 Å². The van der Waals surface area contributed by atoms with Crippen LogP contribution in [-0.2, 0) is 10.9 Å². The SMILES string of the molecule is C[S+](C)CC(=O)c1c2cc3ccccc3cc2cc2cc3ccccc3cc12. The summed E-state index contributed by atoms with van der Waals surface area (Å²) in [6.07, 6.45) is 4.27. The van der Waals surface area contributed by atoms with E-state index in [0.717, 1.165) is 27.1 Å². The van der Waals surface area contributed by atoms with Crippen LogP contribution in [0.1, 0.15) is 10.4 Å². The van der Waals surface area contributed by atoms with Gasteiger partial charge in [0.1, 0.15) is 0 Å². The highest BCUT2D eigenvalue weighted by atomic mass is 32.2. The highest BCUT2D eigenvalue weighted by Gasteiger charge is 2.20. The number of rotatable bonds is 3. The maximum Gasteiger partial charge on any atom is 0.213 e. The van der Waals surface area contributed by atoms with Crippen LogP contribution in [0.25, 0.3) is 43.1 Å². The van der Waals surface area contributed by atoms with Crippen LogP contribution < -0.4 is 0 Å². The average Bonchev–Trinajstić information content (AvgIpc) is 2.68. The molecular formula is C26H21OS+. The third kappa shape index (κ3) is 2.85. The lowest BCUT2D eigenvalue weighted by Crippen LogP contribution is -2.14. The third-order valence-corrected chi connectivity index (χ3v) is 6.22. The van der Waals surface area contributed by atoms with Crippen LogP contribution in [0.5, 0.6) is 0 Å². The molecular weight excluding hydrogens is 360 g/mol. The minimum Gasteiger partial charge on any atom is -0.289 e. The number of carbonyl (C=O) groups excluding carboxylic acids is 1. The maximum absolute atomic E-state index is 13.4. The van der Waals surface area contributed by atoms with Gasteiger partial charge in [-0.15, -0.1) is 0 Å². The maximum atomic E-state index is 13.4. The molecule has 0 atom stereocenters. The van der Waals surface area contributed by atoms with Crippen LogP contribution in [-0.4, -0.2) is 24.0 Å². The van der Waals surface area contributed by atoms with Gasteiger partial charge in [0.15, 0.2) is 5.75 Å². The molecule has 5 rings (SSSR count). The molecule has 136 valence electrons. The zero-order valence-electron chi connectivity index (χ0n) is 16.0. The summed E-state index contributed by atoms with van der Waals surface area (Å²) in [7, 11) is 0.0642. The lowest BCUT2D eigenvalue weighted by molar-refractivity contribution is 0.102. The van der Waals surface area contributed by atoms with Gasteiger partial charge in [-0.3, -0.25) is 4.79 Å². The van der Waals surface area contributed by atoms with E-state index in [4.69, 9.17) is 0 Å². The Morgan fingerprint density at radius 3 is 1.46 bits per heavy atom. The van der Waals surface area contributed by atoms with Gasteiger partial charge in [-0.05, 0) is 84.3 Å². The summed E-state index contributed by atoms with van der Waals surface area (Å²) < 4.78 is 0. The minimum absolute atomic E-state index is 0.0642. The van der Waals surface area contributed by atoms with Gasteiger partial charge in [-0.1, -0.05) is 48.5 Å². The Morgan fingerprint density at radius 2 is 1.04 bits per heavy atom. The lowest BCUT2D eigenvalue weighted by Gasteiger charge is -2.13. The molecule has 1 nitrogen and oxygen atoms in total. The summed E-state index contributed by atoms with van der Waals surface area (Å²) in [5, 5.41) is 9.17. The van der Waals surface area contributed by atoms with E-state index in [1.807, 2.05) is 0 Å². The van der Waals surface area contributed by atoms with Crippen molar-refractivity contribution < 1.29 is 4.79 Å². The highest BCUT2D eigenvalue weighted by molar-refractivity contribution is 7.96. The lowest BCUT2D eigenvalue weighted by atomic mass is 9.91. The summed E-state index contributed by atoms with van der Waals surface area (Å²) in [6, 6.07) is 27.8. The number of ketones is 1. The van der Waals surface area contributed by atoms with Gasteiger partial charge in [0.05, 0.1) is 12.5 Å². The molecule has 0 bridgehead atoms. The molecule has 0 amide bonds. The number of carbonyl (C=O) groups is 1. The Kier molecular flexibility index (Phi) is 4.10. The number of hydrogen-bond donors (Lipinski definition) is 0. The van der Waals surface area contributed by atoms with Crippen molar-refractivity contribution in [3.63, 3.8) is 0 Å². The molecule has 0 fully saturated rings. The molecule has 28 heavy (non-hydrogen) atoms. The second-order valence-electron chi connectivity index (χ2n) is 7.65. The predicted molar refractivity (Wildman–Crippen MR) is 125 cm³/mol. The topological polar surface area (TPSA) is 17.1 Å². The standard InChI is InChI=1S/C26H21OS/c1-28(2)16-25(27)26-23-14-19-9-5-3-7-17(19)11-21(23)13-22-12-18-8-4-6-10-20(18)15-24(22)26/h3-15H,16H2,1-2H3/q+1. The average molecular weight is 382 g/mol. The fraction of sp³-hybridized carbons (Fsp3) is 0.115. The molecule has 0 N–H and O–H groups in total. The van der Waals surface area contributed by atoms with E-state index in [-0.39, 0.29) is 16.7 Å². The molecule has 0 spiro atoms. The molecule has 0 unspecified atom stereocenters. The number of benzene rings is 5. The van der Waals surface area contributed by atoms with Crippen LogP contribution in [0, 0.1) is 0 Å². The van der Waals surface area contributed by atoms with Gasteiger partial charge in [-0.25, -0.2) is 0 Å². The Bertz CT molecular complexity index is 1290. The second-order valence-corrected chi connectivity index (χ2v) is 9.91. The van der Waals surface area contributed by atoms with Crippen LogP contribution in [0.15, 0.2) is 78.9 Å². The van der Waals surface area contributed by atoms with Crippen molar-refractivity contribution in [3.05, 3.63) is 84.4 Å². The normalized spacial score (nSPS) is 11.8. The molecule has 0 saturated carbocycles. The van der Waals surface area contributed by atoms with Gasteiger partial charge in [-0.2, -0.15) is 0 Å². The molecule has 0 radical (unpaired) electrons. The van der Waals surface area contributed by atoms with Crippen molar-refractivity contribution in [2.24, 2.45) is 0 Å². The monoisotopic (exact) mass is 381 g/mol. The fourth-order valence-electron chi connectivity index (χ4n) is 4.14. The summed E-state index contributed by atoms with van der Waals surface area (Å²) in [4.78, 5) is 13.4. The van der Waals surface area contributed by atoms with E-state index in [0.29, 0.717) is 5.75 Å². The fourth-order valence-corrected chi connectivity index (χ4v) is 4.80. The van der Waals surface area contributed by atoms with E-state index in [1.54, 1.807) is 0 Å². The van der Waals surface area contributed by atoms with Gasteiger partial charge in [0, 0.05) is 5.56 Å². The predicted octanol–water partition coefficient (Wildman–Crippen LogP) is 6.36. The van der Waals surface area contributed by atoms with Gasteiger partial charge in [0.25, 0.3) is 0 Å². The summed E-state index contributed by atoms with van der Waals surface area (Å²) in [6.45, 7) is 0. The molecule has 0 aliphatic rings. The Morgan fingerprint density at radius 1 is 0.643 bits per heavy atom. The molecule has 0 aromatic heterocycles. The first kappa shape index (κ1) is 17.3. The van der Waals surface area contributed by atoms with Gasteiger partial charge < -0.3 is 0 Å². The van der Waals surface area contributed by atoms with Crippen LogP contribution in [0.2, 0.25) is 0 Å². The van der Waals surface area contributed by atoms with E-state index < -0.39 is 0 Å². The Balaban J connectivity index is 1.95. The third-order valence-electron chi connectivity index (χ3n) is 5.38. The Labute approximate surface area is 167 Å². The zero-order valence-corrected chi connectivity index (χ0v) is 16.8. The smallest absolute Gasteiger partial charge is 0.213 e. The van der Waals surface area contributed by atoms with Crippen LogP contribution in [0.3, 0.4) is 0 Å². The first-order valence-electron chi connectivity index (χ1n) is 9.45. The minimum atomic E-state index is 0.0642. The summed E-state index contributed by atoms with van der Waals surface area (Å²) in [5.74, 6) is 0.836. The van der Waals surface area contributed by atoms with E-state index in [1.165, 1.54) is 21.5 Å². The van der Waals surface area contributed by atoms with Crippen LogP contribution in [0.4, 0.5) is 0 Å². The molecule has 0 saturated heterocycles. The molecule has 0 aliphatic heterocycles. The van der Waals surface area contributed by atoms with Crippen molar-refractivity contribution in [1.29, 1.82) is 0 Å². The van der Waals surface area contributed by atoms with Crippen molar-refractivity contribution in [1.82, 2.24) is 0 Å². The van der Waals surface area contributed by atoms with E-state index in [2.05, 4.69) is 91.4 Å². The molecule has 0 aliphatic carbocycles. The van der Waals surface area contributed by atoms with E-state index >= 15 is 0 Å². The largest absolute Gasteiger partial charge is 0.289 e.